The zero-order valence-corrected chi connectivity index (χ0v) is 17.0. The average molecular weight is 404 g/mol. The van der Waals surface area contributed by atoms with Crippen LogP contribution < -0.4 is 5.32 Å². The van der Waals surface area contributed by atoms with Gasteiger partial charge in [0.25, 0.3) is 5.91 Å². The number of nitrogens with zero attached hydrogens (tertiary/aromatic N) is 3. The van der Waals surface area contributed by atoms with Gasteiger partial charge in [-0.05, 0) is 45.0 Å². The van der Waals surface area contributed by atoms with Gasteiger partial charge in [0.2, 0.25) is 5.91 Å². The van der Waals surface area contributed by atoms with Crippen LogP contribution in [0.5, 0.6) is 0 Å². The molecule has 0 aliphatic rings. The minimum absolute atomic E-state index is 0.117. The van der Waals surface area contributed by atoms with Crippen LogP contribution in [0.15, 0.2) is 28.6 Å². The van der Waals surface area contributed by atoms with Crippen LogP contribution in [-0.4, -0.2) is 50.7 Å². The highest BCUT2D eigenvalue weighted by Crippen LogP contribution is 2.31. The van der Waals surface area contributed by atoms with Gasteiger partial charge in [-0.15, -0.1) is 11.3 Å². The molecule has 142 valence electrons. The van der Waals surface area contributed by atoms with Gasteiger partial charge in [-0.25, -0.2) is 4.98 Å². The standard InChI is InChI=1S/C18H21N5O2S2/c1-4-23(5-2)16(24)10-26-18-20-13-7-6-12(9-15(13)27-18)19-17(25)14-8-11(3)21-22-14/h6-9H,4-5,10H2,1-3H3,(H,19,25)(H,21,22). The molecule has 0 saturated heterocycles. The van der Waals surface area contributed by atoms with Gasteiger partial charge >= 0.3 is 0 Å². The summed E-state index contributed by atoms with van der Waals surface area (Å²) in [5.74, 6) is 0.234. The average Bonchev–Trinajstić information content (AvgIpc) is 3.26. The Labute approximate surface area is 165 Å². The molecule has 2 heterocycles. The van der Waals surface area contributed by atoms with E-state index in [9.17, 15) is 9.59 Å². The summed E-state index contributed by atoms with van der Waals surface area (Å²) in [7, 11) is 0. The molecule has 0 radical (unpaired) electrons. The van der Waals surface area contributed by atoms with E-state index in [1.807, 2.05) is 43.9 Å². The van der Waals surface area contributed by atoms with Crippen LogP contribution in [0.25, 0.3) is 10.2 Å². The van der Waals surface area contributed by atoms with E-state index in [2.05, 4.69) is 20.5 Å². The molecular weight excluding hydrogens is 382 g/mol. The highest BCUT2D eigenvalue weighted by atomic mass is 32.2. The molecule has 2 N–H and O–H groups in total. The van der Waals surface area contributed by atoms with Crippen LogP contribution in [0, 0.1) is 6.92 Å². The minimum Gasteiger partial charge on any atom is -0.343 e. The molecule has 27 heavy (non-hydrogen) atoms. The van der Waals surface area contributed by atoms with Crippen molar-refractivity contribution in [2.75, 3.05) is 24.2 Å². The summed E-state index contributed by atoms with van der Waals surface area (Å²) in [6, 6.07) is 7.27. The van der Waals surface area contributed by atoms with Gasteiger partial charge in [-0.3, -0.25) is 14.7 Å². The number of H-pyrrole nitrogens is 1. The van der Waals surface area contributed by atoms with E-state index >= 15 is 0 Å². The summed E-state index contributed by atoms with van der Waals surface area (Å²) in [4.78, 5) is 30.7. The predicted molar refractivity (Wildman–Crippen MR) is 110 cm³/mol. The summed E-state index contributed by atoms with van der Waals surface area (Å²) in [6.07, 6.45) is 0. The molecule has 2 amide bonds. The number of aromatic amines is 1. The number of thiazole rings is 1. The smallest absolute Gasteiger partial charge is 0.276 e. The number of hydrogen-bond acceptors (Lipinski definition) is 6. The zero-order chi connectivity index (χ0) is 19.4. The van der Waals surface area contributed by atoms with Crippen molar-refractivity contribution in [2.45, 2.75) is 25.1 Å². The molecule has 0 unspecified atom stereocenters. The Morgan fingerprint density at radius 3 is 2.70 bits per heavy atom. The van der Waals surface area contributed by atoms with Gasteiger partial charge in [0.1, 0.15) is 0 Å². The van der Waals surface area contributed by atoms with E-state index in [1.165, 1.54) is 23.1 Å². The zero-order valence-electron chi connectivity index (χ0n) is 15.4. The lowest BCUT2D eigenvalue weighted by atomic mass is 10.3. The number of rotatable bonds is 7. The van der Waals surface area contributed by atoms with Crippen molar-refractivity contribution in [3.05, 3.63) is 35.7 Å². The van der Waals surface area contributed by atoms with E-state index in [-0.39, 0.29) is 11.8 Å². The van der Waals surface area contributed by atoms with E-state index in [0.29, 0.717) is 30.2 Å². The summed E-state index contributed by atoms with van der Waals surface area (Å²) in [5, 5.41) is 9.56. The maximum Gasteiger partial charge on any atom is 0.276 e. The van der Waals surface area contributed by atoms with Gasteiger partial charge in [0.15, 0.2) is 10.0 Å². The fourth-order valence-corrected chi connectivity index (χ4v) is 4.57. The van der Waals surface area contributed by atoms with Crippen molar-refractivity contribution in [3.8, 4) is 0 Å². The Hall–Kier alpha value is -2.39. The Morgan fingerprint density at radius 2 is 2.04 bits per heavy atom. The molecule has 0 bridgehead atoms. The first-order valence-electron chi connectivity index (χ1n) is 8.64. The summed E-state index contributed by atoms with van der Waals surface area (Å²) >= 11 is 2.96. The molecule has 3 aromatic rings. The van der Waals surface area contributed by atoms with Gasteiger partial charge in [-0.2, -0.15) is 5.10 Å². The first-order chi connectivity index (χ1) is 13.0. The first-order valence-corrected chi connectivity index (χ1v) is 10.4. The van der Waals surface area contributed by atoms with E-state index in [4.69, 9.17) is 0 Å². The predicted octanol–water partition coefficient (Wildman–Crippen LogP) is 3.54. The highest BCUT2D eigenvalue weighted by molar-refractivity contribution is 8.01. The minimum atomic E-state index is -0.261. The van der Waals surface area contributed by atoms with Crippen molar-refractivity contribution in [3.63, 3.8) is 0 Å². The third-order valence-corrected chi connectivity index (χ3v) is 6.15. The Bertz CT molecular complexity index is 962. The monoisotopic (exact) mass is 403 g/mol. The SMILES string of the molecule is CCN(CC)C(=O)CSc1nc2ccc(NC(=O)c3cc(C)[nH]n3)cc2s1. The topological polar surface area (TPSA) is 91.0 Å². The highest BCUT2D eigenvalue weighted by Gasteiger charge is 2.13. The lowest BCUT2D eigenvalue weighted by Gasteiger charge is -2.17. The molecule has 0 aliphatic heterocycles. The third-order valence-electron chi connectivity index (χ3n) is 4.00. The van der Waals surface area contributed by atoms with Crippen LogP contribution in [0.3, 0.4) is 0 Å². The number of aryl methyl sites for hydroxylation is 1. The molecule has 9 heteroatoms. The molecule has 0 spiro atoms. The van der Waals surface area contributed by atoms with Crippen molar-refractivity contribution in [1.29, 1.82) is 0 Å². The number of thioether (sulfide) groups is 1. The van der Waals surface area contributed by atoms with E-state index in [1.54, 1.807) is 6.07 Å². The molecule has 3 rings (SSSR count). The Balaban J connectivity index is 1.67. The number of benzene rings is 1. The fraction of sp³-hybridized carbons (Fsp3) is 0.333. The van der Waals surface area contributed by atoms with Crippen LogP contribution >= 0.6 is 23.1 Å². The number of aromatic nitrogens is 3. The molecule has 7 nitrogen and oxygen atoms in total. The maximum atomic E-state index is 12.2. The maximum absolute atomic E-state index is 12.2. The largest absolute Gasteiger partial charge is 0.343 e. The second kappa shape index (κ2) is 8.53. The van der Waals surface area contributed by atoms with Crippen LogP contribution in [-0.2, 0) is 4.79 Å². The van der Waals surface area contributed by atoms with E-state index in [0.717, 1.165) is 20.3 Å². The lowest BCUT2D eigenvalue weighted by molar-refractivity contribution is -0.127. The molecule has 2 aromatic heterocycles. The van der Waals surface area contributed by atoms with E-state index < -0.39 is 0 Å². The van der Waals surface area contributed by atoms with Crippen molar-refractivity contribution < 1.29 is 9.59 Å². The Kier molecular flexibility index (Phi) is 6.12. The number of hydrogen-bond donors (Lipinski definition) is 2. The summed E-state index contributed by atoms with van der Waals surface area (Å²) < 4.78 is 1.81. The summed E-state index contributed by atoms with van der Waals surface area (Å²) in [6.45, 7) is 7.23. The summed E-state index contributed by atoms with van der Waals surface area (Å²) in [5.41, 5.74) is 2.72. The third kappa shape index (κ3) is 4.67. The molecule has 0 atom stereocenters. The van der Waals surface area contributed by atoms with Crippen molar-refractivity contribution >= 4 is 50.8 Å². The molecule has 1 aromatic carbocycles. The number of anilines is 1. The first kappa shape index (κ1) is 19.4. The number of nitrogens with one attached hydrogen (secondary N) is 2. The Morgan fingerprint density at radius 1 is 1.26 bits per heavy atom. The van der Waals surface area contributed by atoms with Crippen LogP contribution in [0.2, 0.25) is 0 Å². The normalized spacial score (nSPS) is 10.9. The number of carbonyl (C=O) groups is 2. The second-order valence-electron chi connectivity index (χ2n) is 5.91. The number of amides is 2. The van der Waals surface area contributed by atoms with Gasteiger partial charge in [-0.1, -0.05) is 11.8 Å². The number of fused-ring (bicyclic) bond motifs is 1. The number of carbonyl (C=O) groups excluding carboxylic acids is 2. The molecule has 0 saturated carbocycles. The van der Waals surface area contributed by atoms with Crippen molar-refractivity contribution in [2.24, 2.45) is 0 Å². The van der Waals surface area contributed by atoms with Gasteiger partial charge in [0.05, 0.1) is 16.0 Å². The van der Waals surface area contributed by atoms with Gasteiger partial charge < -0.3 is 10.2 Å². The van der Waals surface area contributed by atoms with Crippen molar-refractivity contribution in [1.82, 2.24) is 20.1 Å². The molecule has 0 aliphatic carbocycles. The fourth-order valence-electron chi connectivity index (χ4n) is 2.56. The lowest BCUT2D eigenvalue weighted by Crippen LogP contribution is -2.31. The van der Waals surface area contributed by atoms with Crippen LogP contribution in [0.1, 0.15) is 30.0 Å². The second-order valence-corrected chi connectivity index (χ2v) is 8.16. The van der Waals surface area contributed by atoms with Gasteiger partial charge in [0, 0.05) is 24.5 Å². The van der Waals surface area contributed by atoms with Crippen LogP contribution in [0.4, 0.5) is 5.69 Å². The molecule has 0 fully saturated rings. The quantitative estimate of drug-likeness (QED) is 0.589. The molecular formula is C18H21N5O2S2.